The maximum atomic E-state index is 12.4. The number of hydrogen-bond donors (Lipinski definition) is 2. The molecule has 1 aromatic rings. The van der Waals surface area contributed by atoms with Crippen molar-refractivity contribution in [3.63, 3.8) is 0 Å². The largest absolute Gasteiger partial charge is 0.385 e. The first-order valence-corrected chi connectivity index (χ1v) is 9.23. The summed E-state index contributed by atoms with van der Waals surface area (Å²) in [6.45, 7) is 1.53. The zero-order valence-corrected chi connectivity index (χ0v) is 14.7. The predicted octanol–water partition coefficient (Wildman–Crippen LogP) is 2.87. The summed E-state index contributed by atoms with van der Waals surface area (Å²) in [4.78, 5) is 16.5. The Labute approximate surface area is 144 Å². The number of rotatable bonds is 7. The first kappa shape index (κ1) is 17.3. The minimum Gasteiger partial charge on any atom is -0.385 e. The van der Waals surface area contributed by atoms with Gasteiger partial charge in [0.2, 0.25) is 0 Å². The van der Waals surface area contributed by atoms with Crippen LogP contribution in [0.15, 0.2) is 18.7 Å². The SMILES string of the molecule is COCCC1(CNC(=O)N[C@H]2CCC[C@H]2n2ccnc2)CCCC1. The summed E-state index contributed by atoms with van der Waals surface area (Å²) < 4.78 is 7.38. The number of hydrogen-bond acceptors (Lipinski definition) is 3. The van der Waals surface area contributed by atoms with Crippen molar-refractivity contribution < 1.29 is 9.53 Å². The number of methoxy groups -OCH3 is 1. The smallest absolute Gasteiger partial charge is 0.315 e. The van der Waals surface area contributed by atoms with Crippen molar-refractivity contribution >= 4 is 6.03 Å². The molecule has 0 bridgehead atoms. The second-order valence-electron chi connectivity index (χ2n) is 7.39. The first-order valence-electron chi connectivity index (χ1n) is 9.23. The zero-order valence-electron chi connectivity index (χ0n) is 14.7. The molecular weight excluding hydrogens is 304 g/mol. The van der Waals surface area contributed by atoms with Crippen LogP contribution < -0.4 is 10.6 Å². The van der Waals surface area contributed by atoms with E-state index in [1.807, 2.05) is 12.5 Å². The monoisotopic (exact) mass is 334 g/mol. The Kier molecular flexibility index (Phi) is 5.76. The summed E-state index contributed by atoms with van der Waals surface area (Å²) in [5.74, 6) is 0. The lowest BCUT2D eigenvalue weighted by Crippen LogP contribution is -2.47. The quantitative estimate of drug-likeness (QED) is 0.805. The number of amides is 2. The Hall–Kier alpha value is -1.56. The third-order valence-electron chi connectivity index (χ3n) is 5.83. The Bertz CT molecular complexity index is 511. The normalized spacial score (nSPS) is 25.7. The second kappa shape index (κ2) is 8.01. The third kappa shape index (κ3) is 4.09. The highest BCUT2D eigenvalue weighted by atomic mass is 16.5. The van der Waals surface area contributed by atoms with Crippen LogP contribution in [0.25, 0.3) is 0 Å². The fourth-order valence-corrected chi connectivity index (χ4v) is 4.38. The van der Waals surface area contributed by atoms with E-state index in [4.69, 9.17) is 4.74 Å². The summed E-state index contributed by atoms with van der Waals surface area (Å²) in [5, 5.41) is 6.32. The van der Waals surface area contributed by atoms with Crippen LogP contribution in [-0.4, -0.2) is 41.9 Å². The minimum atomic E-state index is -0.0318. The van der Waals surface area contributed by atoms with Crippen molar-refractivity contribution in [1.82, 2.24) is 20.2 Å². The highest BCUT2D eigenvalue weighted by Crippen LogP contribution is 2.40. The van der Waals surface area contributed by atoms with Gasteiger partial charge in [-0.1, -0.05) is 12.8 Å². The van der Waals surface area contributed by atoms with Crippen molar-refractivity contribution in [2.75, 3.05) is 20.3 Å². The molecule has 1 heterocycles. The minimum absolute atomic E-state index is 0.0318. The Morgan fingerprint density at radius 1 is 1.33 bits per heavy atom. The molecule has 3 rings (SSSR count). The lowest BCUT2D eigenvalue weighted by atomic mass is 9.83. The fraction of sp³-hybridized carbons (Fsp3) is 0.778. The van der Waals surface area contributed by atoms with Gasteiger partial charge in [0.25, 0.3) is 0 Å². The van der Waals surface area contributed by atoms with Crippen LogP contribution in [0.4, 0.5) is 4.79 Å². The molecular formula is C18H30N4O2. The van der Waals surface area contributed by atoms with Gasteiger partial charge in [-0.3, -0.25) is 0 Å². The van der Waals surface area contributed by atoms with Gasteiger partial charge in [-0.15, -0.1) is 0 Å². The summed E-state index contributed by atoms with van der Waals surface area (Å²) in [6, 6.07) is 0.487. The van der Waals surface area contributed by atoms with E-state index in [1.165, 1.54) is 25.7 Å². The molecule has 2 atom stereocenters. The first-order chi connectivity index (χ1) is 11.7. The van der Waals surface area contributed by atoms with Crippen molar-refractivity contribution in [2.24, 2.45) is 5.41 Å². The number of ether oxygens (including phenoxy) is 1. The standard InChI is InChI=1S/C18H30N4O2/c1-24-12-9-18(7-2-3-8-18)13-20-17(23)21-15-5-4-6-16(15)22-11-10-19-14-22/h10-11,14-16H,2-9,12-13H2,1H3,(H2,20,21,23)/t15-,16+/m0/s1. The van der Waals surface area contributed by atoms with E-state index in [0.29, 0.717) is 6.04 Å². The number of imidazole rings is 1. The van der Waals surface area contributed by atoms with E-state index in [0.717, 1.165) is 38.8 Å². The molecule has 1 aromatic heterocycles. The number of nitrogens with zero attached hydrogens (tertiary/aromatic N) is 2. The van der Waals surface area contributed by atoms with Crippen LogP contribution in [0.5, 0.6) is 0 Å². The highest BCUT2D eigenvalue weighted by molar-refractivity contribution is 5.74. The number of carbonyl (C=O) groups excluding carboxylic acids is 1. The van der Waals surface area contributed by atoms with E-state index < -0.39 is 0 Å². The average molecular weight is 334 g/mol. The topological polar surface area (TPSA) is 68.2 Å². The molecule has 6 heteroatoms. The van der Waals surface area contributed by atoms with Crippen molar-refractivity contribution in [1.29, 1.82) is 0 Å². The van der Waals surface area contributed by atoms with Crippen molar-refractivity contribution in [2.45, 2.75) is 63.5 Å². The number of nitrogens with one attached hydrogen (secondary N) is 2. The van der Waals surface area contributed by atoms with Crippen LogP contribution in [0.3, 0.4) is 0 Å². The van der Waals surface area contributed by atoms with Crippen LogP contribution in [0.1, 0.15) is 57.4 Å². The lowest BCUT2D eigenvalue weighted by Gasteiger charge is -2.30. The highest BCUT2D eigenvalue weighted by Gasteiger charge is 2.34. The molecule has 2 N–H and O–H groups in total. The summed E-state index contributed by atoms with van der Waals surface area (Å²) in [7, 11) is 1.75. The van der Waals surface area contributed by atoms with Gasteiger partial charge in [-0.25, -0.2) is 9.78 Å². The van der Waals surface area contributed by atoms with E-state index in [2.05, 4.69) is 20.2 Å². The van der Waals surface area contributed by atoms with Gasteiger partial charge in [-0.2, -0.15) is 0 Å². The molecule has 0 saturated heterocycles. The number of urea groups is 1. The number of aromatic nitrogens is 2. The molecule has 2 saturated carbocycles. The molecule has 0 aliphatic heterocycles. The molecule has 0 unspecified atom stereocenters. The molecule has 0 radical (unpaired) electrons. The molecule has 24 heavy (non-hydrogen) atoms. The van der Waals surface area contributed by atoms with Crippen LogP contribution in [0, 0.1) is 5.41 Å². The molecule has 134 valence electrons. The summed E-state index contributed by atoms with van der Waals surface area (Å²) in [6.07, 6.45) is 14.9. The van der Waals surface area contributed by atoms with E-state index >= 15 is 0 Å². The van der Waals surface area contributed by atoms with Gasteiger partial charge < -0.3 is 19.9 Å². The maximum absolute atomic E-state index is 12.4. The van der Waals surface area contributed by atoms with Crippen molar-refractivity contribution in [3.05, 3.63) is 18.7 Å². The Morgan fingerprint density at radius 2 is 2.17 bits per heavy atom. The lowest BCUT2D eigenvalue weighted by molar-refractivity contribution is 0.135. The predicted molar refractivity (Wildman–Crippen MR) is 92.8 cm³/mol. The Balaban J connectivity index is 1.50. The van der Waals surface area contributed by atoms with Crippen LogP contribution in [-0.2, 0) is 4.74 Å². The van der Waals surface area contributed by atoms with Gasteiger partial charge in [0.1, 0.15) is 0 Å². The molecule has 2 fully saturated rings. The average Bonchev–Trinajstić information content (AvgIpc) is 3.32. The molecule has 2 aliphatic rings. The van der Waals surface area contributed by atoms with Gasteiger partial charge >= 0.3 is 6.03 Å². The molecule has 6 nitrogen and oxygen atoms in total. The number of carbonyl (C=O) groups is 1. The van der Waals surface area contributed by atoms with Gasteiger partial charge in [-0.05, 0) is 43.9 Å². The molecule has 2 amide bonds. The van der Waals surface area contributed by atoms with Crippen LogP contribution >= 0.6 is 0 Å². The van der Waals surface area contributed by atoms with E-state index in [9.17, 15) is 4.79 Å². The van der Waals surface area contributed by atoms with Gasteiger partial charge in [0, 0.05) is 32.7 Å². The van der Waals surface area contributed by atoms with Crippen molar-refractivity contribution in [3.8, 4) is 0 Å². The molecule has 0 spiro atoms. The second-order valence-corrected chi connectivity index (χ2v) is 7.39. The third-order valence-corrected chi connectivity index (χ3v) is 5.83. The fourth-order valence-electron chi connectivity index (χ4n) is 4.38. The zero-order chi connectivity index (χ0) is 16.8. The van der Waals surface area contributed by atoms with E-state index in [-0.39, 0.29) is 17.5 Å². The van der Waals surface area contributed by atoms with E-state index in [1.54, 1.807) is 13.3 Å². The molecule has 0 aromatic carbocycles. The summed E-state index contributed by atoms with van der Waals surface area (Å²) >= 11 is 0. The maximum Gasteiger partial charge on any atom is 0.315 e. The Morgan fingerprint density at radius 3 is 2.88 bits per heavy atom. The summed E-state index contributed by atoms with van der Waals surface area (Å²) in [5.41, 5.74) is 0.229. The van der Waals surface area contributed by atoms with Crippen LogP contribution in [0.2, 0.25) is 0 Å². The van der Waals surface area contributed by atoms with Gasteiger partial charge in [0.15, 0.2) is 0 Å². The molecule has 2 aliphatic carbocycles. The van der Waals surface area contributed by atoms with Gasteiger partial charge in [0.05, 0.1) is 18.4 Å².